The molecule has 0 radical (unpaired) electrons. The largest absolute Gasteiger partial charge is 0.497 e. The van der Waals surface area contributed by atoms with E-state index in [1.54, 1.807) is 37.1 Å². The van der Waals surface area contributed by atoms with Crippen LogP contribution in [0.4, 0.5) is 0 Å². The van der Waals surface area contributed by atoms with E-state index in [1.165, 1.54) is 23.1 Å². The molecule has 1 aromatic carbocycles. The second kappa shape index (κ2) is 6.89. The first-order valence-electron chi connectivity index (χ1n) is 7.34. The van der Waals surface area contributed by atoms with Crippen LogP contribution in [0.5, 0.6) is 5.75 Å². The van der Waals surface area contributed by atoms with Crippen LogP contribution in [0.1, 0.15) is 10.5 Å². The molecule has 0 aliphatic rings. The molecule has 0 saturated carbocycles. The van der Waals surface area contributed by atoms with Gasteiger partial charge in [-0.3, -0.25) is 14.3 Å². The molecule has 0 aliphatic heterocycles. The number of benzene rings is 1. The summed E-state index contributed by atoms with van der Waals surface area (Å²) in [5, 5.41) is 4.05. The van der Waals surface area contributed by atoms with Gasteiger partial charge in [-0.25, -0.2) is 0 Å². The van der Waals surface area contributed by atoms with Gasteiger partial charge in [-0.15, -0.1) is 0 Å². The molecule has 0 unspecified atom stereocenters. The first-order valence-corrected chi connectivity index (χ1v) is 8.16. The molecule has 0 aliphatic carbocycles. The molecule has 0 spiro atoms. The van der Waals surface area contributed by atoms with Gasteiger partial charge < -0.3 is 14.0 Å². The van der Waals surface area contributed by atoms with E-state index < -0.39 is 11.9 Å². The molecule has 0 N–H and O–H groups in total. The Morgan fingerprint density at radius 1 is 1.28 bits per heavy atom. The smallest absolute Gasteiger partial charge is 0.325 e. The molecular weight excluding hydrogens is 344 g/mol. The molecule has 0 bridgehead atoms. The molecule has 3 rings (SSSR count). The van der Waals surface area contributed by atoms with Crippen LogP contribution in [0.2, 0.25) is 0 Å². The molecule has 25 heavy (non-hydrogen) atoms. The van der Waals surface area contributed by atoms with Crippen LogP contribution in [0, 0.1) is 0 Å². The molecule has 2 aromatic heterocycles. The lowest BCUT2D eigenvalue weighted by atomic mass is 10.3. The maximum Gasteiger partial charge on any atom is 0.325 e. The molecule has 130 valence electrons. The topological polar surface area (TPSA) is 87.7 Å². The number of methoxy groups -OCH3 is 2. The van der Waals surface area contributed by atoms with Crippen molar-refractivity contribution in [2.24, 2.45) is 12.0 Å². The quantitative estimate of drug-likeness (QED) is 0.656. The third-order valence-corrected chi connectivity index (χ3v) is 4.58. The van der Waals surface area contributed by atoms with Gasteiger partial charge in [-0.05, 0) is 24.3 Å². The van der Waals surface area contributed by atoms with Gasteiger partial charge in [0.15, 0.2) is 10.5 Å². The normalized spacial score (nSPS) is 11.7. The van der Waals surface area contributed by atoms with Gasteiger partial charge in [-0.2, -0.15) is 10.1 Å². The Bertz CT molecular complexity index is 1010. The number of ether oxygens (including phenoxy) is 2. The van der Waals surface area contributed by atoms with Gasteiger partial charge in [0.2, 0.25) is 0 Å². The highest BCUT2D eigenvalue weighted by molar-refractivity contribution is 7.16. The summed E-state index contributed by atoms with van der Waals surface area (Å²) in [5.41, 5.74) is 1.01. The van der Waals surface area contributed by atoms with Gasteiger partial charge in [0.05, 0.1) is 24.4 Å². The number of aromatic nitrogens is 3. The molecular formula is C16H16N4O4S. The van der Waals surface area contributed by atoms with Gasteiger partial charge in [0.25, 0.3) is 5.91 Å². The summed E-state index contributed by atoms with van der Waals surface area (Å²) in [6.07, 6.45) is 1.67. The molecule has 0 fully saturated rings. The summed E-state index contributed by atoms with van der Waals surface area (Å²) in [4.78, 5) is 28.6. The first-order chi connectivity index (χ1) is 12.0. The van der Waals surface area contributed by atoms with E-state index in [0.29, 0.717) is 10.6 Å². The number of hydrogen-bond acceptors (Lipinski definition) is 6. The molecule has 3 aromatic rings. The molecule has 0 saturated heterocycles. The summed E-state index contributed by atoms with van der Waals surface area (Å²) in [6, 6.07) is 7.02. The van der Waals surface area contributed by atoms with Crippen molar-refractivity contribution >= 4 is 33.4 Å². The molecule has 1 amide bonds. The summed E-state index contributed by atoms with van der Waals surface area (Å²) in [5.74, 6) is -0.221. The fraction of sp³-hybridized carbons (Fsp3) is 0.250. The van der Waals surface area contributed by atoms with E-state index in [2.05, 4.69) is 10.1 Å². The highest BCUT2D eigenvalue weighted by atomic mass is 32.1. The van der Waals surface area contributed by atoms with Gasteiger partial charge in [-0.1, -0.05) is 11.3 Å². The standard InChI is InChI=1S/C16H16N4O4S/c1-19-7-6-11(18-19)15(22)17-16-20(9-14(21)24-3)12-5-4-10(23-2)8-13(12)25-16/h4-8H,9H2,1-3H3. The van der Waals surface area contributed by atoms with E-state index >= 15 is 0 Å². The van der Waals surface area contributed by atoms with Crippen molar-refractivity contribution < 1.29 is 19.1 Å². The van der Waals surface area contributed by atoms with Crippen molar-refractivity contribution in [1.82, 2.24) is 14.3 Å². The van der Waals surface area contributed by atoms with E-state index in [1.807, 2.05) is 12.1 Å². The van der Waals surface area contributed by atoms with E-state index in [4.69, 9.17) is 9.47 Å². The molecule has 0 atom stereocenters. The Morgan fingerprint density at radius 3 is 2.72 bits per heavy atom. The van der Waals surface area contributed by atoms with Gasteiger partial charge in [0.1, 0.15) is 12.3 Å². The Morgan fingerprint density at radius 2 is 2.08 bits per heavy atom. The number of esters is 1. The zero-order chi connectivity index (χ0) is 18.0. The molecule has 9 heteroatoms. The second-order valence-corrected chi connectivity index (χ2v) is 6.18. The second-order valence-electron chi connectivity index (χ2n) is 5.17. The lowest BCUT2D eigenvalue weighted by Gasteiger charge is -2.04. The van der Waals surface area contributed by atoms with E-state index in [-0.39, 0.29) is 12.2 Å². The third-order valence-electron chi connectivity index (χ3n) is 3.53. The average Bonchev–Trinajstić information content (AvgIpc) is 3.18. The Labute approximate surface area is 146 Å². The Kier molecular flexibility index (Phi) is 4.66. The van der Waals surface area contributed by atoms with Crippen LogP contribution < -0.4 is 9.54 Å². The highest BCUT2D eigenvalue weighted by Crippen LogP contribution is 2.23. The lowest BCUT2D eigenvalue weighted by Crippen LogP contribution is -2.22. The fourth-order valence-corrected chi connectivity index (χ4v) is 3.34. The van der Waals surface area contributed by atoms with Crippen molar-refractivity contribution in [3.63, 3.8) is 0 Å². The number of amides is 1. The number of aryl methyl sites for hydroxylation is 1. The number of carbonyl (C=O) groups is 2. The molecule has 8 nitrogen and oxygen atoms in total. The number of nitrogens with zero attached hydrogens (tertiary/aromatic N) is 4. The third kappa shape index (κ3) is 3.45. The average molecular weight is 360 g/mol. The summed E-state index contributed by atoms with van der Waals surface area (Å²) in [6.45, 7) is -0.0445. The van der Waals surface area contributed by atoms with Crippen LogP contribution in [-0.4, -0.2) is 40.4 Å². The van der Waals surface area contributed by atoms with Crippen LogP contribution in [0.25, 0.3) is 10.2 Å². The minimum atomic E-state index is -0.474. The predicted octanol–water partition coefficient (Wildman–Crippen LogP) is 1.36. The van der Waals surface area contributed by atoms with E-state index in [0.717, 1.165) is 10.2 Å². The predicted molar refractivity (Wildman–Crippen MR) is 91.5 cm³/mol. The highest BCUT2D eigenvalue weighted by Gasteiger charge is 2.14. The number of fused-ring (bicyclic) bond motifs is 1. The molecule has 2 heterocycles. The van der Waals surface area contributed by atoms with Crippen LogP contribution in [0.3, 0.4) is 0 Å². The van der Waals surface area contributed by atoms with E-state index in [9.17, 15) is 9.59 Å². The number of hydrogen-bond donors (Lipinski definition) is 0. The van der Waals surface area contributed by atoms with Crippen molar-refractivity contribution in [3.8, 4) is 5.75 Å². The van der Waals surface area contributed by atoms with Crippen LogP contribution >= 0.6 is 11.3 Å². The Hall–Kier alpha value is -2.94. The minimum Gasteiger partial charge on any atom is -0.497 e. The first kappa shape index (κ1) is 16.9. The number of rotatable bonds is 4. The zero-order valence-electron chi connectivity index (χ0n) is 13.9. The summed E-state index contributed by atoms with van der Waals surface area (Å²) in [7, 11) is 4.61. The summed E-state index contributed by atoms with van der Waals surface area (Å²) < 4.78 is 14.0. The maximum atomic E-state index is 12.3. The number of thiazole rings is 1. The zero-order valence-corrected chi connectivity index (χ0v) is 14.7. The summed E-state index contributed by atoms with van der Waals surface area (Å²) >= 11 is 1.29. The number of carbonyl (C=O) groups excluding carboxylic acids is 2. The SMILES string of the molecule is COC(=O)Cn1c(=NC(=O)c2ccn(C)n2)sc2cc(OC)ccc21. The fourth-order valence-electron chi connectivity index (χ4n) is 2.29. The minimum absolute atomic E-state index is 0.0445. The maximum absolute atomic E-state index is 12.3. The van der Waals surface area contributed by atoms with Crippen molar-refractivity contribution in [3.05, 3.63) is 41.0 Å². The van der Waals surface area contributed by atoms with Crippen LogP contribution in [-0.2, 0) is 23.1 Å². The van der Waals surface area contributed by atoms with Gasteiger partial charge >= 0.3 is 5.97 Å². The van der Waals surface area contributed by atoms with Gasteiger partial charge in [0, 0.05) is 13.2 Å². The monoisotopic (exact) mass is 360 g/mol. The van der Waals surface area contributed by atoms with Crippen molar-refractivity contribution in [2.45, 2.75) is 6.54 Å². The van der Waals surface area contributed by atoms with Crippen molar-refractivity contribution in [1.29, 1.82) is 0 Å². The Balaban J connectivity index is 2.14. The lowest BCUT2D eigenvalue weighted by molar-refractivity contribution is -0.141. The van der Waals surface area contributed by atoms with Crippen LogP contribution in [0.15, 0.2) is 35.5 Å². The van der Waals surface area contributed by atoms with Crippen molar-refractivity contribution in [2.75, 3.05) is 14.2 Å².